The fraction of sp³-hybridized carbons (Fsp3) is 0.308. The molecule has 0 N–H and O–H groups in total. The Morgan fingerprint density at radius 1 is 0.822 bits per heavy atom. The lowest BCUT2D eigenvalue weighted by atomic mass is 9.87. The summed E-state index contributed by atoms with van der Waals surface area (Å²) in [5, 5.41) is 1.17. The van der Waals surface area contributed by atoms with E-state index >= 15 is 0 Å². The van der Waals surface area contributed by atoms with Gasteiger partial charge in [0.05, 0.1) is 7.11 Å². The van der Waals surface area contributed by atoms with E-state index in [-0.39, 0.29) is 11.8 Å². The lowest BCUT2D eigenvalue weighted by Crippen LogP contribution is -2.48. The molecule has 1 aliphatic heterocycles. The van der Waals surface area contributed by atoms with Crippen molar-refractivity contribution in [2.24, 2.45) is 0 Å². The van der Waals surface area contributed by atoms with Crippen LogP contribution in [0.5, 0.6) is 11.5 Å². The van der Waals surface area contributed by atoms with Crippen molar-refractivity contribution in [2.75, 3.05) is 39.8 Å². The first-order valence-corrected chi connectivity index (χ1v) is 16.0. The van der Waals surface area contributed by atoms with Crippen LogP contribution in [0, 0.1) is 6.92 Å². The molecular weight excluding hydrogens is 558 g/mol. The molecule has 5 aromatic rings. The average molecular weight is 602 g/mol. The summed E-state index contributed by atoms with van der Waals surface area (Å²) in [7, 11) is 1.67. The third-order valence-electron chi connectivity index (χ3n) is 9.05. The van der Waals surface area contributed by atoms with Gasteiger partial charge in [-0.3, -0.25) is 4.79 Å². The molecule has 1 fully saturated rings. The SMILES string of the molecule is CCN1CCN(C(=O)C[C@H](c2ccc(OC)c(OCc3ccccc3)c2)c2cn(Cc3ccc(C)cc3)c3ccccc23)CC1. The number of methoxy groups -OCH3 is 1. The summed E-state index contributed by atoms with van der Waals surface area (Å²) in [4.78, 5) is 18.4. The maximum atomic E-state index is 14.0. The number of likely N-dealkylation sites (N-methyl/N-ethyl adjacent to an activating group) is 1. The number of aryl methyl sites for hydroxylation is 1. The van der Waals surface area contributed by atoms with Gasteiger partial charge in [-0.2, -0.15) is 0 Å². The molecule has 4 aromatic carbocycles. The number of carbonyl (C=O) groups is 1. The van der Waals surface area contributed by atoms with Gasteiger partial charge in [-0.25, -0.2) is 0 Å². The van der Waals surface area contributed by atoms with Gasteiger partial charge in [0.2, 0.25) is 5.91 Å². The molecule has 1 atom stereocenters. The van der Waals surface area contributed by atoms with Crippen molar-refractivity contribution in [3.8, 4) is 11.5 Å². The topological polar surface area (TPSA) is 46.9 Å². The Balaban J connectivity index is 1.38. The number of fused-ring (bicyclic) bond motifs is 1. The highest BCUT2D eigenvalue weighted by molar-refractivity contribution is 5.87. The van der Waals surface area contributed by atoms with E-state index in [1.165, 1.54) is 16.5 Å². The molecule has 45 heavy (non-hydrogen) atoms. The number of piperazine rings is 1. The quantitative estimate of drug-likeness (QED) is 0.160. The molecule has 1 aromatic heterocycles. The van der Waals surface area contributed by atoms with E-state index in [2.05, 4.69) is 102 Å². The second kappa shape index (κ2) is 14.0. The number of carbonyl (C=O) groups excluding carboxylic acids is 1. The number of benzene rings is 4. The normalized spacial score (nSPS) is 14.4. The Bertz CT molecular complexity index is 1720. The molecule has 0 bridgehead atoms. The summed E-state index contributed by atoms with van der Waals surface area (Å²) in [6.07, 6.45) is 2.64. The number of hydrogen-bond acceptors (Lipinski definition) is 4. The van der Waals surface area contributed by atoms with Gasteiger partial charge in [0, 0.05) is 62.2 Å². The fourth-order valence-corrected chi connectivity index (χ4v) is 6.36. The summed E-state index contributed by atoms with van der Waals surface area (Å²) >= 11 is 0. The van der Waals surface area contributed by atoms with Crippen LogP contribution in [0.4, 0.5) is 0 Å². The number of para-hydroxylation sites is 1. The zero-order chi connectivity index (χ0) is 31.2. The smallest absolute Gasteiger partial charge is 0.223 e. The van der Waals surface area contributed by atoms with Gasteiger partial charge in [0.25, 0.3) is 0 Å². The Morgan fingerprint density at radius 3 is 2.29 bits per heavy atom. The second-order valence-corrected chi connectivity index (χ2v) is 12.0. The summed E-state index contributed by atoms with van der Waals surface area (Å²) in [6, 6.07) is 33.5. The highest BCUT2D eigenvalue weighted by Gasteiger charge is 2.28. The molecular formula is C39H43N3O3. The van der Waals surface area contributed by atoms with Crippen LogP contribution in [0.1, 0.15) is 47.1 Å². The zero-order valence-corrected chi connectivity index (χ0v) is 26.6. The Morgan fingerprint density at radius 2 is 1.56 bits per heavy atom. The lowest BCUT2D eigenvalue weighted by molar-refractivity contribution is -0.133. The van der Waals surface area contributed by atoms with E-state index in [4.69, 9.17) is 9.47 Å². The molecule has 6 heteroatoms. The van der Waals surface area contributed by atoms with Crippen LogP contribution in [0.3, 0.4) is 0 Å². The highest BCUT2D eigenvalue weighted by atomic mass is 16.5. The van der Waals surface area contributed by atoms with E-state index < -0.39 is 0 Å². The summed E-state index contributed by atoms with van der Waals surface area (Å²) < 4.78 is 14.4. The van der Waals surface area contributed by atoms with Crippen molar-refractivity contribution in [1.29, 1.82) is 0 Å². The van der Waals surface area contributed by atoms with Crippen molar-refractivity contribution in [1.82, 2.24) is 14.4 Å². The minimum Gasteiger partial charge on any atom is -0.493 e. The predicted octanol–water partition coefficient (Wildman–Crippen LogP) is 7.27. The van der Waals surface area contributed by atoms with Crippen molar-refractivity contribution in [2.45, 2.75) is 39.3 Å². The van der Waals surface area contributed by atoms with Gasteiger partial charge < -0.3 is 23.8 Å². The average Bonchev–Trinajstić information content (AvgIpc) is 3.45. The molecule has 2 heterocycles. The molecule has 6 nitrogen and oxygen atoms in total. The molecule has 0 saturated carbocycles. The second-order valence-electron chi connectivity index (χ2n) is 12.0. The maximum absolute atomic E-state index is 14.0. The molecule has 0 spiro atoms. The Hall–Kier alpha value is -4.55. The summed E-state index contributed by atoms with van der Waals surface area (Å²) in [5.74, 6) is 1.39. The van der Waals surface area contributed by atoms with Crippen molar-refractivity contribution < 1.29 is 14.3 Å². The van der Waals surface area contributed by atoms with Gasteiger partial charge in [-0.15, -0.1) is 0 Å². The first kappa shape index (κ1) is 30.5. The van der Waals surface area contributed by atoms with Crippen molar-refractivity contribution >= 4 is 16.8 Å². The van der Waals surface area contributed by atoms with Crippen LogP contribution < -0.4 is 9.47 Å². The van der Waals surface area contributed by atoms with E-state index in [1.807, 2.05) is 29.2 Å². The molecule has 1 amide bonds. The number of amides is 1. The Labute approximate surface area is 266 Å². The van der Waals surface area contributed by atoms with E-state index in [0.29, 0.717) is 24.5 Å². The molecule has 1 saturated heterocycles. The number of hydrogen-bond donors (Lipinski definition) is 0. The molecule has 0 radical (unpaired) electrons. The monoisotopic (exact) mass is 601 g/mol. The van der Waals surface area contributed by atoms with Crippen LogP contribution >= 0.6 is 0 Å². The van der Waals surface area contributed by atoms with Crippen molar-refractivity contribution in [3.05, 3.63) is 131 Å². The van der Waals surface area contributed by atoms with Crippen LogP contribution in [0.2, 0.25) is 0 Å². The molecule has 6 rings (SSSR count). The molecule has 0 aliphatic carbocycles. The summed E-state index contributed by atoms with van der Waals surface area (Å²) in [6.45, 7) is 9.88. The largest absolute Gasteiger partial charge is 0.493 e. The third-order valence-corrected chi connectivity index (χ3v) is 9.05. The summed E-state index contributed by atoms with van der Waals surface area (Å²) in [5.41, 5.74) is 6.93. The van der Waals surface area contributed by atoms with Crippen LogP contribution in [-0.4, -0.2) is 60.1 Å². The van der Waals surface area contributed by atoms with Crippen LogP contribution in [-0.2, 0) is 17.9 Å². The standard InChI is InChI=1S/C39H43N3O3/c1-4-40-20-22-41(23-21-40)39(43)25-34(32-18-19-37(44-3)38(24-32)45-28-31-10-6-5-7-11-31)35-27-42(36-13-9-8-12-33(35)36)26-30-16-14-29(2)15-17-30/h5-19,24,27,34H,4,20-23,25-26,28H2,1-3H3/t34-/m1/s1. The number of rotatable bonds is 11. The highest BCUT2D eigenvalue weighted by Crippen LogP contribution is 2.39. The van der Waals surface area contributed by atoms with Gasteiger partial charge in [0.1, 0.15) is 6.61 Å². The fourth-order valence-electron chi connectivity index (χ4n) is 6.36. The third kappa shape index (κ3) is 7.07. The molecule has 1 aliphatic rings. The Kier molecular flexibility index (Phi) is 9.51. The van der Waals surface area contributed by atoms with E-state index in [0.717, 1.165) is 61.5 Å². The van der Waals surface area contributed by atoms with E-state index in [1.54, 1.807) is 7.11 Å². The number of nitrogens with zero attached hydrogens (tertiary/aromatic N) is 3. The predicted molar refractivity (Wildman–Crippen MR) is 181 cm³/mol. The maximum Gasteiger partial charge on any atom is 0.223 e. The van der Waals surface area contributed by atoms with Gasteiger partial charge in [-0.1, -0.05) is 91.3 Å². The minimum absolute atomic E-state index is 0.157. The molecule has 232 valence electrons. The van der Waals surface area contributed by atoms with E-state index in [9.17, 15) is 4.79 Å². The first-order valence-electron chi connectivity index (χ1n) is 16.0. The van der Waals surface area contributed by atoms with Crippen molar-refractivity contribution in [3.63, 3.8) is 0 Å². The van der Waals surface area contributed by atoms with Crippen LogP contribution in [0.15, 0.2) is 103 Å². The number of aromatic nitrogens is 1. The van der Waals surface area contributed by atoms with Gasteiger partial charge in [0.15, 0.2) is 11.5 Å². The van der Waals surface area contributed by atoms with Gasteiger partial charge in [-0.05, 0) is 53.9 Å². The number of ether oxygens (including phenoxy) is 2. The zero-order valence-electron chi connectivity index (χ0n) is 26.6. The first-order chi connectivity index (χ1) is 22.0. The van der Waals surface area contributed by atoms with Crippen LogP contribution in [0.25, 0.3) is 10.9 Å². The molecule has 0 unspecified atom stereocenters. The lowest BCUT2D eigenvalue weighted by Gasteiger charge is -2.35. The minimum atomic E-state index is -0.157. The van der Waals surface area contributed by atoms with Gasteiger partial charge >= 0.3 is 0 Å².